The average molecular weight is 729 g/mol. The highest BCUT2D eigenvalue weighted by Crippen LogP contribution is 2.42. The molecule has 0 aliphatic rings. The first kappa shape index (κ1) is 31.6. The van der Waals surface area contributed by atoms with E-state index < -0.39 is 0 Å². The van der Waals surface area contributed by atoms with Crippen LogP contribution in [0.4, 0.5) is 0 Å². The molecule has 57 heavy (non-hydrogen) atoms. The van der Waals surface area contributed by atoms with Crippen LogP contribution in [0.25, 0.3) is 111 Å². The highest BCUT2D eigenvalue weighted by molar-refractivity contribution is 6.22. The molecule has 0 bridgehead atoms. The van der Waals surface area contributed by atoms with Crippen LogP contribution in [0.2, 0.25) is 0 Å². The molecule has 0 amide bonds. The predicted octanol–water partition coefficient (Wildman–Crippen LogP) is 13.6. The molecule has 8 aromatic carbocycles. The Labute approximate surface area is 327 Å². The Morgan fingerprint density at radius 3 is 1.84 bits per heavy atom. The fourth-order valence-corrected chi connectivity index (χ4v) is 8.75. The lowest BCUT2D eigenvalue weighted by atomic mass is 9.99. The number of fused-ring (bicyclic) bond motifs is 9. The number of para-hydroxylation sites is 2. The van der Waals surface area contributed by atoms with E-state index in [0.717, 1.165) is 88.7 Å². The van der Waals surface area contributed by atoms with E-state index in [1.807, 2.05) is 12.1 Å². The van der Waals surface area contributed by atoms with E-state index in [1.165, 1.54) is 16.2 Å². The van der Waals surface area contributed by atoms with Gasteiger partial charge in [0.2, 0.25) is 5.95 Å². The van der Waals surface area contributed by atoms with E-state index in [9.17, 15) is 0 Å². The zero-order chi connectivity index (χ0) is 37.5. The summed E-state index contributed by atoms with van der Waals surface area (Å²) < 4.78 is 10.7. The van der Waals surface area contributed by atoms with Crippen molar-refractivity contribution in [2.45, 2.75) is 0 Å². The molecule has 0 aliphatic carbocycles. The minimum Gasteiger partial charge on any atom is -0.456 e. The van der Waals surface area contributed by atoms with Gasteiger partial charge in [0.05, 0.1) is 27.8 Å². The van der Waals surface area contributed by atoms with Crippen molar-refractivity contribution in [3.05, 3.63) is 194 Å². The van der Waals surface area contributed by atoms with Gasteiger partial charge in [0.1, 0.15) is 16.9 Å². The van der Waals surface area contributed by atoms with Crippen LogP contribution in [0, 0.1) is 0 Å². The van der Waals surface area contributed by atoms with Gasteiger partial charge in [-0.05, 0) is 82.1 Å². The van der Waals surface area contributed by atoms with Gasteiger partial charge in [-0.15, -0.1) is 0 Å². The van der Waals surface area contributed by atoms with Crippen LogP contribution < -0.4 is 0 Å². The second kappa shape index (κ2) is 12.4. The highest BCUT2D eigenvalue weighted by Gasteiger charge is 2.23. The van der Waals surface area contributed by atoms with Crippen LogP contribution in [0.15, 0.2) is 199 Å². The Hall–Kier alpha value is -7.76. The van der Waals surface area contributed by atoms with Gasteiger partial charge in [-0.2, -0.15) is 0 Å². The molecule has 0 unspecified atom stereocenters. The summed E-state index contributed by atoms with van der Waals surface area (Å²) in [7, 11) is 0. The van der Waals surface area contributed by atoms with Gasteiger partial charge in [0.15, 0.2) is 0 Å². The van der Waals surface area contributed by atoms with Crippen molar-refractivity contribution in [3.63, 3.8) is 0 Å². The lowest BCUT2D eigenvalue weighted by Gasteiger charge is -2.15. The molecule has 4 heterocycles. The van der Waals surface area contributed by atoms with E-state index in [2.05, 4.69) is 191 Å². The van der Waals surface area contributed by atoms with E-state index in [1.54, 1.807) is 0 Å². The van der Waals surface area contributed by atoms with E-state index in [-0.39, 0.29) is 0 Å². The first-order chi connectivity index (χ1) is 28.3. The molecule has 12 aromatic rings. The molecule has 0 fully saturated rings. The van der Waals surface area contributed by atoms with Crippen LogP contribution in [-0.2, 0) is 0 Å². The van der Waals surface area contributed by atoms with Crippen LogP contribution in [0.5, 0.6) is 0 Å². The summed E-state index contributed by atoms with van der Waals surface area (Å²) in [5, 5.41) is 6.94. The SMILES string of the molecule is c1ccc(-c2nc(-n3c4ccc(-c5ccc6oc7ccccc7c6c5)cc4c4c5ccccc5ccc43)nc3cc(-c4ccccc4)n(-c4ccccc4)c23)cc1. The predicted molar refractivity (Wildman–Crippen MR) is 234 cm³/mol. The molecule has 5 nitrogen and oxygen atoms in total. The lowest BCUT2D eigenvalue weighted by molar-refractivity contribution is 0.669. The van der Waals surface area contributed by atoms with Gasteiger partial charge < -0.3 is 8.98 Å². The first-order valence-corrected chi connectivity index (χ1v) is 19.2. The van der Waals surface area contributed by atoms with E-state index in [0.29, 0.717) is 5.95 Å². The minimum atomic E-state index is 0.625. The fraction of sp³-hybridized carbons (Fsp3) is 0. The largest absolute Gasteiger partial charge is 0.456 e. The zero-order valence-corrected chi connectivity index (χ0v) is 30.7. The summed E-state index contributed by atoms with van der Waals surface area (Å²) in [6, 6.07) is 68.4. The molecule has 0 saturated carbocycles. The van der Waals surface area contributed by atoms with Crippen molar-refractivity contribution in [2.75, 3.05) is 0 Å². The number of aromatic nitrogens is 4. The normalized spacial score (nSPS) is 11.9. The highest BCUT2D eigenvalue weighted by atomic mass is 16.3. The summed E-state index contributed by atoms with van der Waals surface area (Å²) in [6.45, 7) is 0. The second-order valence-corrected chi connectivity index (χ2v) is 14.6. The maximum atomic E-state index is 6.18. The topological polar surface area (TPSA) is 48.8 Å². The van der Waals surface area contributed by atoms with Gasteiger partial charge in [0.25, 0.3) is 0 Å². The van der Waals surface area contributed by atoms with Crippen molar-refractivity contribution in [3.8, 4) is 45.3 Å². The average Bonchev–Trinajstić information content (AvgIpc) is 3.96. The molecule has 0 saturated heterocycles. The number of benzene rings is 8. The van der Waals surface area contributed by atoms with Gasteiger partial charge in [-0.25, -0.2) is 9.97 Å². The maximum absolute atomic E-state index is 6.18. The third-order valence-electron chi connectivity index (χ3n) is 11.3. The number of hydrogen-bond donors (Lipinski definition) is 0. The van der Waals surface area contributed by atoms with Crippen LogP contribution >= 0.6 is 0 Å². The van der Waals surface area contributed by atoms with Gasteiger partial charge in [0, 0.05) is 32.8 Å². The smallest absolute Gasteiger partial charge is 0.235 e. The molecular formula is C52H32N4O. The Bertz CT molecular complexity index is 3510. The quantitative estimate of drug-likeness (QED) is 0.177. The molecule has 0 radical (unpaired) electrons. The Morgan fingerprint density at radius 2 is 1.04 bits per heavy atom. The monoisotopic (exact) mass is 728 g/mol. The van der Waals surface area contributed by atoms with Gasteiger partial charge >= 0.3 is 0 Å². The molecule has 0 N–H and O–H groups in total. The van der Waals surface area contributed by atoms with Crippen LogP contribution in [0.3, 0.4) is 0 Å². The van der Waals surface area contributed by atoms with Crippen molar-refractivity contribution in [1.29, 1.82) is 0 Å². The lowest BCUT2D eigenvalue weighted by Crippen LogP contribution is -2.05. The third-order valence-corrected chi connectivity index (χ3v) is 11.3. The standard InChI is InChI=1S/C52H32N4O/c1-4-15-34(16-5-1)46-32-43-51(55(46)38-19-8-3-9-20-38)50(35-17-6-2-7-18-35)54-52(53-43)56-44-27-25-36(31-42(44)49-39-21-11-10-14-33(39)24-28-45(49)56)37-26-29-48-41(30-37)40-22-12-13-23-47(40)57-48/h1-32H. The first-order valence-electron chi connectivity index (χ1n) is 19.2. The van der Waals surface area contributed by atoms with E-state index in [4.69, 9.17) is 14.4 Å². The number of hydrogen-bond acceptors (Lipinski definition) is 3. The summed E-state index contributed by atoms with van der Waals surface area (Å²) in [5.74, 6) is 0.625. The number of rotatable bonds is 5. The molecule has 12 rings (SSSR count). The Kier molecular flexibility index (Phi) is 6.86. The molecule has 5 heteroatoms. The maximum Gasteiger partial charge on any atom is 0.235 e. The number of furan rings is 1. The molecule has 4 aromatic heterocycles. The van der Waals surface area contributed by atoms with Crippen LogP contribution in [0.1, 0.15) is 0 Å². The molecule has 0 atom stereocenters. The summed E-state index contributed by atoms with van der Waals surface area (Å²) >= 11 is 0. The fourth-order valence-electron chi connectivity index (χ4n) is 8.75. The molecule has 0 aliphatic heterocycles. The minimum absolute atomic E-state index is 0.625. The molecule has 0 spiro atoms. The van der Waals surface area contributed by atoms with Crippen LogP contribution in [-0.4, -0.2) is 19.1 Å². The zero-order valence-electron chi connectivity index (χ0n) is 30.7. The van der Waals surface area contributed by atoms with Gasteiger partial charge in [-0.1, -0.05) is 140 Å². The third kappa shape index (κ3) is 4.89. The Morgan fingerprint density at radius 1 is 0.404 bits per heavy atom. The number of nitrogens with zero attached hydrogens (tertiary/aromatic N) is 4. The summed E-state index contributed by atoms with van der Waals surface area (Å²) in [6.07, 6.45) is 0. The summed E-state index contributed by atoms with van der Waals surface area (Å²) in [5.41, 5.74) is 13.1. The summed E-state index contributed by atoms with van der Waals surface area (Å²) in [4.78, 5) is 11.0. The van der Waals surface area contributed by atoms with Crippen molar-refractivity contribution >= 4 is 65.6 Å². The Balaban J connectivity index is 1.16. The van der Waals surface area contributed by atoms with Crippen molar-refractivity contribution in [2.24, 2.45) is 0 Å². The van der Waals surface area contributed by atoms with Crippen molar-refractivity contribution in [1.82, 2.24) is 19.1 Å². The second-order valence-electron chi connectivity index (χ2n) is 14.6. The molecular weight excluding hydrogens is 697 g/mol. The van der Waals surface area contributed by atoms with E-state index >= 15 is 0 Å². The van der Waals surface area contributed by atoms with Crippen molar-refractivity contribution < 1.29 is 4.42 Å². The molecule has 266 valence electrons. The van der Waals surface area contributed by atoms with Gasteiger partial charge in [-0.3, -0.25) is 4.57 Å².